The first-order valence-corrected chi connectivity index (χ1v) is 5.78. The summed E-state index contributed by atoms with van der Waals surface area (Å²) >= 11 is 4.63. The van der Waals surface area contributed by atoms with Gasteiger partial charge in [0.2, 0.25) is 6.04 Å². The highest BCUT2D eigenvalue weighted by Crippen LogP contribution is 2.19. The highest BCUT2D eigenvalue weighted by atomic mass is 32.1. The number of rotatable bonds is 3. The average molecular weight is 292 g/mol. The number of benzene rings is 1. The highest BCUT2D eigenvalue weighted by Gasteiger charge is 2.32. The van der Waals surface area contributed by atoms with Crippen molar-refractivity contribution in [1.82, 2.24) is 10.6 Å². The quantitative estimate of drug-likeness (QED) is 0.422. The number of carboxylic acid groups (broad SMARTS) is 1. The standard InChI is InChI=1S/C11H8N4O4S/c16-8-7(9(17)13-11(20)12-8)15-14-6-4-2-1-3-5(6)10(18)19/h1-4,7H,(H,18,19)(H2,12,13,16,17,20). The molecule has 9 heteroatoms. The lowest BCUT2D eigenvalue weighted by molar-refractivity contribution is -0.131. The number of hydrogen-bond donors (Lipinski definition) is 3. The van der Waals surface area contributed by atoms with Crippen molar-refractivity contribution < 1.29 is 19.5 Å². The third kappa shape index (κ3) is 2.83. The largest absolute Gasteiger partial charge is 0.478 e. The monoisotopic (exact) mass is 292 g/mol. The van der Waals surface area contributed by atoms with Crippen LogP contribution in [0, 0.1) is 0 Å². The molecular formula is C11H8N4O4S. The van der Waals surface area contributed by atoms with E-state index in [4.69, 9.17) is 5.11 Å². The van der Waals surface area contributed by atoms with Crippen molar-refractivity contribution >= 4 is 40.8 Å². The van der Waals surface area contributed by atoms with E-state index in [2.05, 4.69) is 33.1 Å². The first-order chi connectivity index (χ1) is 9.49. The number of nitrogens with zero attached hydrogens (tertiary/aromatic N) is 2. The van der Waals surface area contributed by atoms with Crippen LogP contribution in [0.2, 0.25) is 0 Å². The molecule has 0 bridgehead atoms. The highest BCUT2D eigenvalue weighted by molar-refractivity contribution is 7.80. The lowest BCUT2D eigenvalue weighted by Gasteiger charge is -2.18. The second-order valence-corrected chi connectivity index (χ2v) is 4.16. The van der Waals surface area contributed by atoms with Gasteiger partial charge >= 0.3 is 5.97 Å². The topological polar surface area (TPSA) is 120 Å². The van der Waals surface area contributed by atoms with Crippen molar-refractivity contribution in [3.8, 4) is 0 Å². The number of carbonyl (C=O) groups is 3. The third-order valence-electron chi connectivity index (χ3n) is 2.39. The summed E-state index contributed by atoms with van der Waals surface area (Å²) in [6.07, 6.45) is 0. The molecule has 0 radical (unpaired) electrons. The molecule has 102 valence electrons. The Morgan fingerprint density at radius 1 is 1.20 bits per heavy atom. The number of amides is 2. The summed E-state index contributed by atoms with van der Waals surface area (Å²) in [6.45, 7) is 0. The van der Waals surface area contributed by atoms with Crippen LogP contribution in [0.15, 0.2) is 34.5 Å². The summed E-state index contributed by atoms with van der Waals surface area (Å²) in [5.74, 6) is -2.61. The molecule has 1 aliphatic heterocycles. The van der Waals surface area contributed by atoms with Crippen molar-refractivity contribution in [3.05, 3.63) is 29.8 Å². The number of carboxylic acids is 1. The number of hydrogen-bond acceptors (Lipinski definition) is 6. The van der Waals surface area contributed by atoms with Crippen molar-refractivity contribution in [2.24, 2.45) is 10.2 Å². The lowest BCUT2D eigenvalue weighted by atomic mass is 10.2. The number of thiocarbonyl (C=S) groups is 1. The van der Waals surface area contributed by atoms with Gasteiger partial charge in [0.25, 0.3) is 11.8 Å². The summed E-state index contributed by atoms with van der Waals surface area (Å²) < 4.78 is 0. The molecule has 1 heterocycles. The molecule has 1 aliphatic rings. The van der Waals surface area contributed by atoms with Crippen LogP contribution in [0.1, 0.15) is 10.4 Å². The first-order valence-electron chi connectivity index (χ1n) is 5.38. The maximum Gasteiger partial charge on any atom is 0.337 e. The zero-order valence-corrected chi connectivity index (χ0v) is 10.7. The Labute approximate surface area is 117 Å². The number of nitrogens with one attached hydrogen (secondary N) is 2. The van der Waals surface area contributed by atoms with Gasteiger partial charge in [-0.05, 0) is 24.4 Å². The van der Waals surface area contributed by atoms with Gasteiger partial charge in [0, 0.05) is 0 Å². The minimum absolute atomic E-state index is 0.0498. The van der Waals surface area contributed by atoms with E-state index in [0.717, 1.165) is 0 Å². The van der Waals surface area contributed by atoms with Gasteiger partial charge in [-0.1, -0.05) is 12.1 Å². The number of carbonyl (C=O) groups excluding carboxylic acids is 2. The fraction of sp³-hybridized carbons (Fsp3) is 0.0909. The van der Waals surface area contributed by atoms with Gasteiger partial charge in [0.15, 0.2) is 5.11 Å². The van der Waals surface area contributed by atoms with Crippen LogP contribution in [-0.4, -0.2) is 34.0 Å². The summed E-state index contributed by atoms with van der Waals surface area (Å²) in [7, 11) is 0. The van der Waals surface area contributed by atoms with Crippen molar-refractivity contribution in [2.75, 3.05) is 0 Å². The second kappa shape index (κ2) is 5.53. The van der Waals surface area contributed by atoms with Crippen LogP contribution in [0.4, 0.5) is 5.69 Å². The summed E-state index contributed by atoms with van der Waals surface area (Å²) in [5, 5.41) is 20.5. The summed E-state index contributed by atoms with van der Waals surface area (Å²) in [6, 6.07) is 4.45. The van der Waals surface area contributed by atoms with Gasteiger partial charge in [0.1, 0.15) is 0 Å². The zero-order valence-electron chi connectivity index (χ0n) is 9.86. The molecule has 0 atom stereocenters. The zero-order chi connectivity index (χ0) is 14.7. The van der Waals surface area contributed by atoms with Crippen LogP contribution >= 0.6 is 12.2 Å². The Balaban J connectivity index is 2.25. The van der Waals surface area contributed by atoms with Gasteiger partial charge in [-0.3, -0.25) is 9.59 Å². The Bertz CT molecular complexity index is 623. The fourth-order valence-corrected chi connectivity index (χ4v) is 1.68. The van der Waals surface area contributed by atoms with E-state index < -0.39 is 23.8 Å². The van der Waals surface area contributed by atoms with Crippen LogP contribution in [-0.2, 0) is 9.59 Å². The molecular weight excluding hydrogens is 284 g/mol. The third-order valence-corrected chi connectivity index (χ3v) is 2.59. The van der Waals surface area contributed by atoms with Crippen LogP contribution in [0.5, 0.6) is 0 Å². The molecule has 2 rings (SSSR count). The van der Waals surface area contributed by atoms with Crippen molar-refractivity contribution in [2.45, 2.75) is 6.04 Å². The molecule has 0 unspecified atom stereocenters. The minimum atomic E-state index is -1.40. The Kier molecular flexibility index (Phi) is 3.80. The van der Waals surface area contributed by atoms with Gasteiger partial charge in [0.05, 0.1) is 11.3 Å². The maximum atomic E-state index is 11.5. The SMILES string of the molecule is O=C(O)c1ccccc1N=NC1C(=O)NC(=S)NC1=O. The predicted molar refractivity (Wildman–Crippen MR) is 70.6 cm³/mol. The van der Waals surface area contributed by atoms with E-state index in [1.54, 1.807) is 6.07 Å². The molecule has 0 aliphatic carbocycles. The first kappa shape index (κ1) is 13.7. The van der Waals surface area contributed by atoms with Crippen LogP contribution < -0.4 is 10.6 Å². The predicted octanol–water partition coefficient (Wildman–Crippen LogP) is 0.368. The second-order valence-electron chi connectivity index (χ2n) is 3.75. The van der Waals surface area contributed by atoms with Gasteiger partial charge in [-0.2, -0.15) is 10.2 Å². The molecule has 2 amide bonds. The molecule has 0 spiro atoms. The van der Waals surface area contributed by atoms with E-state index in [1.165, 1.54) is 18.2 Å². The molecule has 1 aromatic carbocycles. The normalized spacial score (nSPS) is 16.1. The van der Waals surface area contributed by atoms with Gasteiger partial charge in [-0.25, -0.2) is 4.79 Å². The van der Waals surface area contributed by atoms with E-state index >= 15 is 0 Å². The molecule has 1 fully saturated rings. The summed E-state index contributed by atoms with van der Waals surface area (Å²) in [4.78, 5) is 34.0. The molecule has 0 aromatic heterocycles. The van der Waals surface area contributed by atoms with E-state index in [-0.39, 0.29) is 16.4 Å². The van der Waals surface area contributed by atoms with Crippen molar-refractivity contribution in [1.29, 1.82) is 0 Å². The average Bonchev–Trinajstić information content (AvgIpc) is 2.37. The molecule has 8 nitrogen and oxygen atoms in total. The molecule has 0 saturated carbocycles. The molecule has 20 heavy (non-hydrogen) atoms. The minimum Gasteiger partial charge on any atom is -0.478 e. The maximum absolute atomic E-state index is 11.5. The van der Waals surface area contributed by atoms with Gasteiger partial charge < -0.3 is 15.7 Å². The summed E-state index contributed by atoms with van der Waals surface area (Å²) in [5.41, 5.74) is -0.0304. The Hall–Kier alpha value is -2.68. The van der Waals surface area contributed by atoms with Crippen LogP contribution in [0.3, 0.4) is 0 Å². The number of azo groups is 1. The molecule has 3 N–H and O–H groups in total. The number of aromatic carboxylic acids is 1. The lowest BCUT2D eigenvalue weighted by Crippen LogP contribution is -2.57. The smallest absolute Gasteiger partial charge is 0.337 e. The molecule has 1 saturated heterocycles. The fourth-order valence-electron chi connectivity index (χ4n) is 1.48. The Morgan fingerprint density at radius 3 is 2.40 bits per heavy atom. The van der Waals surface area contributed by atoms with Crippen LogP contribution in [0.25, 0.3) is 0 Å². The van der Waals surface area contributed by atoms with E-state index in [0.29, 0.717) is 0 Å². The molecule has 1 aromatic rings. The van der Waals surface area contributed by atoms with Gasteiger partial charge in [-0.15, -0.1) is 0 Å². The van der Waals surface area contributed by atoms with E-state index in [9.17, 15) is 14.4 Å². The van der Waals surface area contributed by atoms with Crippen molar-refractivity contribution in [3.63, 3.8) is 0 Å². The Morgan fingerprint density at radius 2 is 1.80 bits per heavy atom. The van der Waals surface area contributed by atoms with E-state index in [1.807, 2.05) is 0 Å².